The number of phenols is 1. The number of nitrogens with zero attached hydrogens (tertiary/aromatic N) is 1. The molecule has 3 N–H and O–H groups in total. The van der Waals surface area contributed by atoms with E-state index in [2.05, 4.69) is 15.6 Å². The molecule has 6 heteroatoms. The number of aliphatic imine (C=N–C) groups is 1. The molecule has 0 bridgehead atoms. The van der Waals surface area contributed by atoms with Gasteiger partial charge in [0.15, 0.2) is 0 Å². The number of anilines is 1. The van der Waals surface area contributed by atoms with E-state index in [0.29, 0.717) is 11.4 Å². The number of phenolic OH excluding ortho intramolecular Hbond substituents is 1. The van der Waals surface area contributed by atoms with Gasteiger partial charge in [0.05, 0.1) is 17.0 Å². The van der Waals surface area contributed by atoms with Crippen LogP contribution in [0, 0.1) is 0 Å². The van der Waals surface area contributed by atoms with Gasteiger partial charge in [0.25, 0.3) is 11.8 Å². The number of carbonyl (C=O) groups is 2. The predicted octanol–water partition coefficient (Wildman–Crippen LogP) is 2.94. The third-order valence-electron chi connectivity index (χ3n) is 4.41. The molecule has 0 saturated carbocycles. The normalized spacial score (nSPS) is 15.6. The van der Waals surface area contributed by atoms with Crippen LogP contribution in [-0.4, -0.2) is 28.8 Å². The van der Waals surface area contributed by atoms with E-state index in [9.17, 15) is 14.7 Å². The van der Waals surface area contributed by atoms with Gasteiger partial charge in [-0.1, -0.05) is 60.7 Å². The fourth-order valence-corrected chi connectivity index (χ4v) is 3.05. The number of para-hydroxylation sites is 2. The zero-order valence-electron chi connectivity index (χ0n) is 14.8. The summed E-state index contributed by atoms with van der Waals surface area (Å²) in [4.78, 5) is 29.9. The number of hydrogen-bond acceptors (Lipinski definition) is 4. The summed E-state index contributed by atoms with van der Waals surface area (Å²) in [7, 11) is 0. The number of benzodiazepines with no additional fused rings is 1. The quantitative estimate of drug-likeness (QED) is 0.661. The first-order chi connectivity index (χ1) is 13.6. The van der Waals surface area contributed by atoms with E-state index in [0.717, 1.165) is 11.1 Å². The Morgan fingerprint density at radius 2 is 1.61 bits per heavy atom. The summed E-state index contributed by atoms with van der Waals surface area (Å²) in [6.45, 7) is 0. The summed E-state index contributed by atoms with van der Waals surface area (Å²) in [5.74, 6) is -1.20. The van der Waals surface area contributed by atoms with Crippen molar-refractivity contribution in [1.82, 2.24) is 5.32 Å². The summed E-state index contributed by atoms with van der Waals surface area (Å²) >= 11 is 0. The van der Waals surface area contributed by atoms with Gasteiger partial charge in [-0.25, -0.2) is 4.99 Å². The van der Waals surface area contributed by atoms with E-state index >= 15 is 0 Å². The average Bonchev–Trinajstić information content (AvgIpc) is 2.85. The first kappa shape index (κ1) is 17.5. The minimum absolute atomic E-state index is 0.0773. The molecular formula is C22H17N3O3. The van der Waals surface area contributed by atoms with Crippen LogP contribution in [0.4, 0.5) is 5.69 Å². The molecule has 138 valence electrons. The zero-order chi connectivity index (χ0) is 19.5. The predicted molar refractivity (Wildman–Crippen MR) is 107 cm³/mol. The van der Waals surface area contributed by atoms with Crippen LogP contribution >= 0.6 is 0 Å². The van der Waals surface area contributed by atoms with Crippen LogP contribution in [0.5, 0.6) is 5.75 Å². The van der Waals surface area contributed by atoms with Crippen LogP contribution in [0.15, 0.2) is 83.9 Å². The number of amides is 2. The number of hydrogen-bond donors (Lipinski definition) is 3. The Labute approximate surface area is 161 Å². The first-order valence-electron chi connectivity index (χ1n) is 8.76. The highest BCUT2D eigenvalue weighted by atomic mass is 16.3. The molecule has 0 radical (unpaired) electrons. The Morgan fingerprint density at radius 3 is 2.39 bits per heavy atom. The van der Waals surface area contributed by atoms with Crippen LogP contribution in [0.25, 0.3) is 0 Å². The molecule has 1 heterocycles. The van der Waals surface area contributed by atoms with Crippen molar-refractivity contribution in [3.63, 3.8) is 0 Å². The number of nitrogens with one attached hydrogen (secondary N) is 2. The topological polar surface area (TPSA) is 90.8 Å². The Kier molecular flexibility index (Phi) is 4.60. The largest absolute Gasteiger partial charge is 0.507 e. The van der Waals surface area contributed by atoms with Crippen LogP contribution in [0.2, 0.25) is 0 Å². The smallest absolute Gasteiger partial charge is 0.269 e. The minimum atomic E-state index is -1.14. The van der Waals surface area contributed by atoms with Crippen LogP contribution in [0.3, 0.4) is 0 Å². The second kappa shape index (κ2) is 7.36. The van der Waals surface area contributed by atoms with E-state index in [1.54, 1.807) is 18.2 Å². The van der Waals surface area contributed by atoms with Gasteiger partial charge in [0.1, 0.15) is 5.75 Å². The molecule has 1 atom stereocenters. The van der Waals surface area contributed by atoms with Crippen molar-refractivity contribution in [3.8, 4) is 5.75 Å². The van der Waals surface area contributed by atoms with Crippen molar-refractivity contribution in [2.45, 2.75) is 6.17 Å². The number of fused-ring (bicyclic) bond motifs is 1. The third-order valence-corrected chi connectivity index (χ3v) is 4.41. The summed E-state index contributed by atoms with van der Waals surface area (Å²) in [6, 6.07) is 23.0. The van der Waals surface area contributed by atoms with Crippen molar-refractivity contribution in [2.24, 2.45) is 4.99 Å². The Hall–Kier alpha value is -3.93. The molecule has 0 saturated heterocycles. The number of carbonyl (C=O) groups excluding carboxylic acids is 2. The molecule has 0 aromatic heterocycles. The molecule has 1 aliphatic heterocycles. The minimum Gasteiger partial charge on any atom is -0.507 e. The van der Waals surface area contributed by atoms with Gasteiger partial charge in [-0.05, 0) is 18.2 Å². The van der Waals surface area contributed by atoms with Crippen molar-refractivity contribution in [3.05, 3.63) is 95.6 Å². The van der Waals surface area contributed by atoms with Gasteiger partial charge in [-0.15, -0.1) is 0 Å². The fraction of sp³-hybridized carbons (Fsp3) is 0.0455. The van der Waals surface area contributed by atoms with Gasteiger partial charge in [-0.3, -0.25) is 9.59 Å². The molecule has 28 heavy (non-hydrogen) atoms. The summed E-state index contributed by atoms with van der Waals surface area (Å²) in [5, 5.41) is 15.3. The molecule has 0 unspecified atom stereocenters. The zero-order valence-corrected chi connectivity index (χ0v) is 14.8. The number of rotatable bonds is 3. The molecular weight excluding hydrogens is 354 g/mol. The van der Waals surface area contributed by atoms with Gasteiger partial charge >= 0.3 is 0 Å². The first-order valence-corrected chi connectivity index (χ1v) is 8.76. The van der Waals surface area contributed by atoms with Gasteiger partial charge in [0, 0.05) is 11.1 Å². The lowest BCUT2D eigenvalue weighted by molar-refractivity contribution is -0.117. The third kappa shape index (κ3) is 3.35. The number of benzene rings is 3. The van der Waals surface area contributed by atoms with E-state index in [4.69, 9.17) is 0 Å². The Bertz CT molecular complexity index is 1080. The molecule has 6 nitrogen and oxygen atoms in total. The van der Waals surface area contributed by atoms with Crippen molar-refractivity contribution < 1.29 is 14.7 Å². The van der Waals surface area contributed by atoms with E-state index in [1.807, 2.05) is 48.5 Å². The highest BCUT2D eigenvalue weighted by molar-refractivity contribution is 6.20. The maximum absolute atomic E-state index is 12.7. The summed E-state index contributed by atoms with van der Waals surface area (Å²) in [5.41, 5.74) is 2.88. The molecule has 0 spiro atoms. The highest BCUT2D eigenvalue weighted by Gasteiger charge is 2.27. The molecule has 2 amide bonds. The summed E-state index contributed by atoms with van der Waals surface area (Å²) in [6.07, 6.45) is -1.14. The van der Waals surface area contributed by atoms with Crippen LogP contribution < -0.4 is 10.6 Å². The molecule has 1 aliphatic rings. The van der Waals surface area contributed by atoms with Gasteiger partial charge in [-0.2, -0.15) is 0 Å². The van der Waals surface area contributed by atoms with Crippen molar-refractivity contribution >= 4 is 23.2 Å². The second-order valence-electron chi connectivity index (χ2n) is 6.27. The molecule has 3 aromatic carbocycles. The lowest BCUT2D eigenvalue weighted by Gasteiger charge is -2.14. The average molecular weight is 371 g/mol. The lowest BCUT2D eigenvalue weighted by atomic mass is 10.0. The highest BCUT2D eigenvalue weighted by Crippen LogP contribution is 2.24. The van der Waals surface area contributed by atoms with Crippen molar-refractivity contribution in [1.29, 1.82) is 0 Å². The van der Waals surface area contributed by atoms with Crippen LogP contribution in [-0.2, 0) is 4.79 Å². The monoisotopic (exact) mass is 371 g/mol. The molecule has 4 rings (SSSR count). The number of aromatic hydroxyl groups is 1. The van der Waals surface area contributed by atoms with Crippen molar-refractivity contribution in [2.75, 3.05) is 5.32 Å². The second-order valence-corrected chi connectivity index (χ2v) is 6.27. The Morgan fingerprint density at radius 1 is 0.929 bits per heavy atom. The Balaban J connectivity index is 1.75. The van der Waals surface area contributed by atoms with E-state index in [1.165, 1.54) is 12.1 Å². The van der Waals surface area contributed by atoms with E-state index < -0.39 is 18.0 Å². The summed E-state index contributed by atoms with van der Waals surface area (Å²) < 4.78 is 0. The van der Waals surface area contributed by atoms with Crippen LogP contribution in [0.1, 0.15) is 21.5 Å². The van der Waals surface area contributed by atoms with E-state index in [-0.39, 0.29) is 11.3 Å². The SMILES string of the molecule is O=C(N[C@H]1N=C(c2ccccc2)c2ccccc2NC1=O)c1ccccc1O. The standard InChI is InChI=1S/C22H17N3O3/c26-18-13-7-5-11-16(18)21(27)25-20-22(28)23-17-12-6-4-10-15(17)19(24-20)14-8-2-1-3-9-14/h1-13,20,26H,(H,23,28)(H,25,27)/t20-/m1/s1. The molecule has 0 aliphatic carbocycles. The van der Waals surface area contributed by atoms with Gasteiger partial charge < -0.3 is 15.7 Å². The maximum atomic E-state index is 12.7. The maximum Gasteiger partial charge on any atom is 0.269 e. The lowest BCUT2D eigenvalue weighted by Crippen LogP contribution is -2.42. The fourth-order valence-electron chi connectivity index (χ4n) is 3.05. The molecule has 0 fully saturated rings. The molecule has 3 aromatic rings. The van der Waals surface area contributed by atoms with Gasteiger partial charge in [0.2, 0.25) is 6.17 Å².